The maximum Gasteiger partial charge on any atom is 0.234 e. The van der Waals surface area contributed by atoms with Crippen molar-refractivity contribution in [3.05, 3.63) is 65.5 Å². The van der Waals surface area contributed by atoms with E-state index < -0.39 is 0 Å². The van der Waals surface area contributed by atoms with Crippen molar-refractivity contribution < 1.29 is 13.9 Å². The normalized spacial score (nSPS) is 13.4. The second-order valence-corrected chi connectivity index (χ2v) is 7.66. The Morgan fingerprint density at radius 2 is 1.68 bits per heavy atom. The molecule has 152 valence electrons. The molecule has 28 heavy (non-hydrogen) atoms. The third kappa shape index (κ3) is 6.34. The van der Waals surface area contributed by atoms with Gasteiger partial charge < -0.3 is 10.1 Å². The molecule has 1 amide bonds. The SMILES string of the molecule is COc1ccc(CC(C)N(C)CC(=O)NC(c2ccc(F)cc2)C(C)C)cc1. The Morgan fingerprint density at radius 3 is 2.21 bits per heavy atom. The maximum atomic E-state index is 13.2. The van der Waals surface area contributed by atoms with Gasteiger partial charge in [-0.05, 0) is 61.7 Å². The van der Waals surface area contributed by atoms with Crippen LogP contribution in [0.3, 0.4) is 0 Å². The zero-order valence-electron chi connectivity index (χ0n) is 17.4. The monoisotopic (exact) mass is 386 g/mol. The van der Waals surface area contributed by atoms with Crippen LogP contribution in [0.25, 0.3) is 0 Å². The van der Waals surface area contributed by atoms with Crippen molar-refractivity contribution in [1.29, 1.82) is 0 Å². The van der Waals surface area contributed by atoms with E-state index in [1.165, 1.54) is 17.7 Å². The molecule has 0 saturated carbocycles. The maximum absolute atomic E-state index is 13.2. The minimum absolute atomic E-state index is 0.0351. The average molecular weight is 387 g/mol. The molecule has 5 heteroatoms. The summed E-state index contributed by atoms with van der Waals surface area (Å²) >= 11 is 0. The summed E-state index contributed by atoms with van der Waals surface area (Å²) in [5.41, 5.74) is 2.12. The number of amides is 1. The van der Waals surface area contributed by atoms with Crippen molar-refractivity contribution in [2.45, 2.75) is 39.3 Å². The molecule has 0 aliphatic heterocycles. The lowest BCUT2D eigenvalue weighted by Crippen LogP contribution is -2.42. The number of carbonyl (C=O) groups is 1. The van der Waals surface area contributed by atoms with Gasteiger partial charge in [-0.2, -0.15) is 0 Å². The van der Waals surface area contributed by atoms with Crippen molar-refractivity contribution in [2.75, 3.05) is 20.7 Å². The zero-order valence-corrected chi connectivity index (χ0v) is 17.4. The quantitative estimate of drug-likeness (QED) is 0.702. The summed E-state index contributed by atoms with van der Waals surface area (Å²) in [6, 6.07) is 14.4. The Bertz CT molecular complexity index is 744. The first-order valence-electron chi connectivity index (χ1n) is 9.68. The molecule has 0 radical (unpaired) electrons. The molecule has 1 N–H and O–H groups in total. The molecule has 2 rings (SSSR count). The first kappa shape index (κ1) is 21.9. The highest BCUT2D eigenvalue weighted by atomic mass is 19.1. The van der Waals surface area contributed by atoms with Gasteiger partial charge in [0.15, 0.2) is 0 Å². The number of nitrogens with one attached hydrogen (secondary N) is 1. The summed E-state index contributed by atoms with van der Waals surface area (Å²) < 4.78 is 18.4. The van der Waals surface area contributed by atoms with E-state index >= 15 is 0 Å². The van der Waals surface area contributed by atoms with Crippen LogP contribution in [0.15, 0.2) is 48.5 Å². The second kappa shape index (κ2) is 10.2. The van der Waals surface area contributed by atoms with Gasteiger partial charge in [-0.15, -0.1) is 0 Å². The molecule has 0 spiro atoms. The van der Waals surface area contributed by atoms with E-state index in [4.69, 9.17) is 4.74 Å². The number of carbonyl (C=O) groups excluding carboxylic acids is 1. The molecule has 2 aromatic carbocycles. The lowest BCUT2D eigenvalue weighted by atomic mass is 9.96. The van der Waals surface area contributed by atoms with Crippen LogP contribution in [0.2, 0.25) is 0 Å². The van der Waals surface area contributed by atoms with Crippen LogP contribution in [0.5, 0.6) is 5.75 Å². The van der Waals surface area contributed by atoms with Gasteiger partial charge in [0.1, 0.15) is 11.6 Å². The molecule has 0 fully saturated rings. The number of ether oxygens (including phenoxy) is 1. The van der Waals surface area contributed by atoms with Crippen molar-refractivity contribution in [2.24, 2.45) is 5.92 Å². The van der Waals surface area contributed by atoms with Crippen LogP contribution in [-0.2, 0) is 11.2 Å². The molecule has 0 bridgehead atoms. The molecule has 0 saturated heterocycles. The molecule has 2 aromatic rings. The predicted molar refractivity (Wildman–Crippen MR) is 111 cm³/mol. The predicted octanol–water partition coefficient (Wildman–Crippen LogP) is 4.21. The fraction of sp³-hybridized carbons (Fsp3) is 0.435. The summed E-state index contributed by atoms with van der Waals surface area (Å²) in [7, 11) is 3.61. The highest BCUT2D eigenvalue weighted by Crippen LogP contribution is 2.22. The van der Waals surface area contributed by atoms with Crippen LogP contribution >= 0.6 is 0 Å². The minimum atomic E-state index is -0.273. The lowest BCUT2D eigenvalue weighted by molar-refractivity contribution is -0.123. The van der Waals surface area contributed by atoms with Crippen molar-refractivity contribution >= 4 is 5.91 Å². The van der Waals surface area contributed by atoms with Gasteiger partial charge in [0.2, 0.25) is 5.91 Å². The smallest absolute Gasteiger partial charge is 0.234 e. The van der Waals surface area contributed by atoms with Gasteiger partial charge in [0.25, 0.3) is 0 Å². The summed E-state index contributed by atoms with van der Waals surface area (Å²) in [5.74, 6) is 0.734. The highest BCUT2D eigenvalue weighted by molar-refractivity contribution is 5.78. The number of methoxy groups -OCH3 is 1. The summed E-state index contributed by atoms with van der Waals surface area (Å²) in [4.78, 5) is 14.6. The summed E-state index contributed by atoms with van der Waals surface area (Å²) in [5, 5.41) is 3.10. The summed E-state index contributed by atoms with van der Waals surface area (Å²) in [6.45, 7) is 6.51. The van der Waals surface area contributed by atoms with Gasteiger partial charge in [0.05, 0.1) is 19.7 Å². The first-order chi connectivity index (χ1) is 13.3. The molecule has 2 atom stereocenters. The van der Waals surface area contributed by atoms with Crippen LogP contribution < -0.4 is 10.1 Å². The molecular formula is C23H31FN2O2. The molecular weight excluding hydrogens is 355 g/mol. The Morgan fingerprint density at radius 1 is 1.07 bits per heavy atom. The Kier molecular flexibility index (Phi) is 8.00. The van der Waals surface area contributed by atoms with E-state index in [0.717, 1.165) is 17.7 Å². The third-order valence-electron chi connectivity index (χ3n) is 5.05. The lowest BCUT2D eigenvalue weighted by Gasteiger charge is -2.27. The summed E-state index contributed by atoms with van der Waals surface area (Å²) in [6.07, 6.45) is 0.847. The molecule has 0 aliphatic carbocycles. The van der Waals surface area contributed by atoms with E-state index in [0.29, 0.717) is 6.54 Å². The van der Waals surface area contributed by atoms with E-state index in [9.17, 15) is 9.18 Å². The molecule has 0 aliphatic rings. The zero-order chi connectivity index (χ0) is 20.7. The molecule has 4 nitrogen and oxygen atoms in total. The first-order valence-corrected chi connectivity index (χ1v) is 9.68. The minimum Gasteiger partial charge on any atom is -0.497 e. The molecule has 0 aromatic heterocycles. The Hall–Kier alpha value is -2.40. The van der Waals surface area contributed by atoms with E-state index in [1.54, 1.807) is 19.2 Å². The fourth-order valence-corrected chi connectivity index (χ4v) is 3.17. The van der Waals surface area contributed by atoms with Crippen LogP contribution in [0, 0.1) is 11.7 Å². The standard InChI is InChI=1S/C23H31FN2O2/c1-16(2)23(19-8-10-20(24)11-9-19)25-22(27)15-26(4)17(3)14-18-6-12-21(28-5)13-7-18/h6-13,16-17,23H,14-15H2,1-5H3,(H,25,27). The van der Waals surface area contributed by atoms with Crippen LogP contribution in [-0.4, -0.2) is 37.6 Å². The largest absolute Gasteiger partial charge is 0.497 e. The van der Waals surface area contributed by atoms with Crippen molar-refractivity contribution in [3.8, 4) is 5.75 Å². The number of rotatable bonds is 9. The second-order valence-electron chi connectivity index (χ2n) is 7.66. The number of hydrogen-bond acceptors (Lipinski definition) is 3. The van der Waals surface area contributed by atoms with Gasteiger partial charge in [-0.3, -0.25) is 9.69 Å². The fourth-order valence-electron chi connectivity index (χ4n) is 3.17. The number of hydrogen-bond donors (Lipinski definition) is 1. The number of likely N-dealkylation sites (N-methyl/N-ethyl adjacent to an activating group) is 1. The van der Waals surface area contributed by atoms with Crippen molar-refractivity contribution in [1.82, 2.24) is 10.2 Å². The Balaban J connectivity index is 1.92. The average Bonchev–Trinajstić information content (AvgIpc) is 2.67. The van der Waals surface area contributed by atoms with E-state index in [1.807, 2.05) is 50.1 Å². The van der Waals surface area contributed by atoms with Crippen molar-refractivity contribution in [3.63, 3.8) is 0 Å². The van der Waals surface area contributed by atoms with Gasteiger partial charge >= 0.3 is 0 Å². The highest BCUT2D eigenvalue weighted by Gasteiger charge is 2.20. The van der Waals surface area contributed by atoms with E-state index in [-0.39, 0.29) is 29.7 Å². The van der Waals surface area contributed by atoms with Gasteiger partial charge in [0, 0.05) is 6.04 Å². The molecule has 0 heterocycles. The van der Waals surface area contributed by atoms with Crippen LogP contribution in [0.4, 0.5) is 4.39 Å². The topological polar surface area (TPSA) is 41.6 Å². The number of nitrogens with zero attached hydrogens (tertiary/aromatic N) is 1. The van der Waals surface area contributed by atoms with Gasteiger partial charge in [-0.1, -0.05) is 38.1 Å². The van der Waals surface area contributed by atoms with E-state index in [2.05, 4.69) is 12.2 Å². The number of halogens is 1. The van der Waals surface area contributed by atoms with Crippen LogP contribution in [0.1, 0.15) is 37.9 Å². The molecule has 2 unspecified atom stereocenters. The third-order valence-corrected chi connectivity index (χ3v) is 5.05. The van der Waals surface area contributed by atoms with Gasteiger partial charge in [-0.25, -0.2) is 4.39 Å². The Labute approximate surface area is 167 Å². The number of benzene rings is 2.